The molecule has 0 fully saturated rings. The Bertz CT molecular complexity index is 818. The van der Waals surface area contributed by atoms with E-state index in [9.17, 15) is 4.79 Å². The highest BCUT2D eigenvalue weighted by atomic mass is 79.9. The molecule has 6 nitrogen and oxygen atoms in total. The zero-order valence-corrected chi connectivity index (χ0v) is 14.0. The fourth-order valence-corrected chi connectivity index (χ4v) is 2.73. The molecule has 1 aromatic carbocycles. The molecule has 0 unspecified atom stereocenters. The van der Waals surface area contributed by atoms with Crippen LogP contribution in [0.5, 0.6) is 0 Å². The Hall–Kier alpha value is -1.93. The van der Waals surface area contributed by atoms with Gasteiger partial charge in [-0.1, -0.05) is 17.8 Å². The number of benzene rings is 1. The van der Waals surface area contributed by atoms with Gasteiger partial charge in [0.1, 0.15) is 0 Å². The third-order valence-corrected chi connectivity index (χ3v) is 4.11. The molecule has 0 aliphatic rings. The Kier molecular flexibility index (Phi) is 4.39. The third-order valence-electron chi connectivity index (χ3n) is 2.83. The summed E-state index contributed by atoms with van der Waals surface area (Å²) in [6.07, 6.45) is 3.16. The molecule has 3 aromatic rings. The van der Waals surface area contributed by atoms with Gasteiger partial charge >= 0.3 is 0 Å². The molecule has 0 aliphatic carbocycles. The van der Waals surface area contributed by atoms with Gasteiger partial charge in [-0.25, -0.2) is 15.0 Å². The number of anilines is 1. The minimum Gasteiger partial charge on any atom is -0.333 e. The van der Waals surface area contributed by atoms with Crippen LogP contribution in [0.25, 0.3) is 11.0 Å². The SMILES string of the molecule is Cc1ccc2nc(SCC(=O)Nc3ncc(Br)cn3)[nH]c2c1. The fourth-order valence-electron chi connectivity index (χ4n) is 1.84. The van der Waals surface area contributed by atoms with Crippen LogP contribution in [0.3, 0.4) is 0 Å². The molecule has 0 aliphatic heterocycles. The van der Waals surface area contributed by atoms with Crippen LogP contribution in [0.4, 0.5) is 5.95 Å². The van der Waals surface area contributed by atoms with Gasteiger partial charge in [0.15, 0.2) is 5.16 Å². The van der Waals surface area contributed by atoms with Crippen molar-refractivity contribution in [3.8, 4) is 0 Å². The van der Waals surface area contributed by atoms with E-state index in [0.717, 1.165) is 21.1 Å². The monoisotopic (exact) mass is 377 g/mol. The number of aromatic nitrogens is 4. The van der Waals surface area contributed by atoms with Crippen LogP contribution in [-0.2, 0) is 4.79 Å². The summed E-state index contributed by atoms with van der Waals surface area (Å²) in [7, 11) is 0. The van der Waals surface area contributed by atoms with E-state index in [-0.39, 0.29) is 17.6 Å². The normalized spacial score (nSPS) is 10.8. The molecule has 0 saturated carbocycles. The van der Waals surface area contributed by atoms with E-state index in [1.54, 1.807) is 12.4 Å². The topological polar surface area (TPSA) is 83.6 Å². The second kappa shape index (κ2) is 6.45. The van der Waals surface area contributed by atoms with Crippen LogP contribution in [0.15, 0.2) is 40.2 Å². The van der Waals surface area contributed by atoms with E-state index in [0.29, 0.717) is 5.16 Å². The van der Waals surface area contributed by atoms with Crippen molar-refractivity contribution >= 4 is 50.6 Å². The van der Waals surface area contributed by atoms with E-state index in [1.807, 2.05) is 25.1 Å². The molecule has 112 valence electrons. The number of nitrogens with one attached hydrogen (secondary N) is 2. The van der Waals surface area contributed by atoms with Gasteiger partial charge in [-0.15, -0.1) is 0 Å². The van der Waals surface area contributed by atoms with Crippen LogP contribution in [0.1, 0.15) is 5.56 Å². The number of H-pyrrole nitrogens is 1. The van der Waals surface area contributed by atoms with Crippen molar-refractivity contribution < 1.29 is 4.79 Å². The second-order valence-corrected chi connectivity index (χ2v) is 6.50. The molecule has 2 heterocycles. The summed E-state index contributed by atoms with van der Waals surface area (Å²) >= 11 is 4.58. The number of amides is 1. The van der Waals surface area contributed by atoms with Crippen molar-refractivity contribution in [1.29, 1.82) is 0 Å². The lowest BCUT2D eigenvalue weighted by Crippen LogP contribution is -2.16. The maximum Gasteiger partial charge on any atom is 0.237 e. The molecular formula is C14H12BrN5OS. The maximum atomic E-state index is 11.9. The van der Waals surface area contributed by atoms with E-state index in [2.05, 4.69) is 41.2 Å². The second-order valence-electron chi connectivity index (χ2n) is 4.62. The summed E-state index contributed by atoms with van der Waals surface area (Å²) < 4.78 is 0.762. The minimum atomic E-state index is -0.177. The molecule has 2 N–H and O–H groups in total. The van der Waals surface area contributed by atoms with E-state index in [1.165, 1.54) is 11.8 Å². The molecule has 2 aromatic heterocycles. The summed E-state index contributed by atoms with van der Waals surface area (Å²) in [6, 6.07) is 6.00. The summed E-state index contributed by atoms with van der Waals surface area (Å²) in [5.74, 6) is 0.344. The predicted octanol–water partition coefficient (Wildman–Crippen LogP) is 3.15. The molecular weight excluding hydrogens is 366 g/mol. The largest absolute Gasteiger partial charge is 0.333 e. The van der Waals surface area contributed by atoms with Crippen LogP contribution < -0.4 is 5.32 Å². The summed E-state index contributed by atoms with van der Waals surface area (Å²) in [4.78, 5) is 27.5. The number of fused-ring (bicyclic) bond motifs is 1. The minimum absolute atomic E-state index is 0.177. The highest BCUT2D eigenvalue weighted by Gasteiger charge is 2.08. The number of hydrogen-bond donors (Lipinski definition) is 2. The average molecular weight is 378 g/mol. The van der Waals surface area contributed by atoms with Gasteiger partial charge in [0.05, 0.1) is 21.3 Å². The number of aryl methyl sites for hydroxylation is 1. The van der Waals surface area contributed by atoms with E-state index in [4.69, 9.17) is 0 Å². The number of imidazole rings is 1. The number of hydrogen-bond acceptors (Lipinski definition) is 5. The molecule has 0 saturated heterocycles. The lowest BCUT2D eigenvalue weighted by Gasteiger charge is -2.01. The van der Waals surface area contributed by atoms with Crippen molar-refractivity contribution in [3.05, 3.63) is 40.6 Å². The van der Waals surface area contributed by atoms with Gasteiger partial charge in [-0.3, -0.25) is 10.1 Å². The molecule has 0 bridgehead atoms. The first kappa shape index (κ1) is 15.0. The van der Waals surface area contributed by atoms with Gasteiger partial charge in [-0.05, 0) is 40.5 Å². The van der Waals surface area contributed by atoms with E-state index < -0.39 is 0 Å². The number of rotatable bonds is 4. The van der Waals surface area contributed by atoms with Crippen LogP contribution in [-0.4, -0.2) is 31.6 Å². The lowest BCUT2D eigenvalue weighted by molar-refractivity contribution is -0.113. The molecule has 1 amide bonds. The van der Waals surface area contributed by atoms with E-state index >= 15 is 0 Å². The quantitative estimate of drug-likeness (QED) is 0.682. The molecule has 0 spiro atoms. The zero-order chi connectivity index (χ0) is 15.5. The Morgan fingerprint density at radius 1 is 1.36 bits per heavy atom. The Morgan fingerprint density at radius 2 is 2.14 bits per heavy atom. The third kappa shape index (κ3) is 3.63. The van der Waals surface area contributed by atoms with Gasteiger partial charge < -0.3 is 4.98 Å². The molecule has 22 heavy (non-hydrogen) atoms. The number of carbonyl (C=O) groups excluding carboxylic acids is 1. The lowest BCUT2D eigenvalue weighted by atomic mass is 10.2. The van der Waals surface area contributed by atoms with Crippen molar-refractivity contribution in [2.75, 3.05) is 11.1 Å². The first-order valence-electron chi connectivity index (χ1n) is 6.47. The molecule has 8 heteroatoms. The smallest absolute Gasteiger partial charge is 0.237 e. The molecule has 0 radical (unpaired) electrons. The number of halogens is 1. The number of thioether (sulfide) groups is 1. The maximum absolute atomic E-state index is 11.9. The number of aromatic amines is 1. The van der Waals surface area contributed by atoms with Crippen LogP contribution >= 0.6 is 27.7 Å². The van der Waals surface area contributed by atoms with Crippen molar-refractivity contribution in [3.63, 3.8) is 0 Å². The standard InChI is InChI=1S/C14H12BrN5OS/c1-8-2-3-10-11(4-8)19-14(18-10)22-7-12(21)20-13-16-5-9(15)6-17-13/h2-6H,7H2,1H3,(H,18,19)(H,16,17,20,21). The molecule has 0 atom stereocenters. The Balaban J connectivity index is 1.61. The van der Waals surface area contributed by atoms with Crippen molar-refractivity contribution in [1.82, 2.24) is 19.9 Å². The first-order valence-corrected chi connectivity index (χ1v) is 8.24. The van der Waals surface area contributed by atoms with Crippen molar-refractivity contribution in [2.24, 2.45) is 0 Å². The average Bonchev–Trinajstić information content (AvgIpc) is 2.89. The van der Waals surface area contributed by atoms with Gasteiger partial charge in [0, 0.05) is 12.4 Å². The highest BCUT2D eigenvalue weighted by Crippen LogP contribution is 2.20. The summed E-state index contributed by atoms with van der Waals surface area (Å²) in [5, 5.41) is 3.35. The Morgan fingerprint density at radius 3 is 2.91 bits per heavy atom. The summed E-state index contributed by atoms with van der Waals surface area (Å²) in [6.45, 7) is 2.03. The zero-order valence-electron chi connectivity index (χ0n) is 11.6. The van der Waals surface area contributed by atoms with Crippen molar-refractivity contribution in [2.45, 2.75) is 12.1 Å². The fraction of sp³-hybridized carbons (Fsp3) is 0.143. The van der Waals surface area contributed by atoms with Gasteiger partial charge in [0.25, 0.3) is 0 Å². The first-order chi connectivity index (χ1) is 10.6. The number of carbonyl (C=O) groups is 1. The molecule has 3 rings (SSSR count). The predicted molar refractivity (Wildman–Crippen MR) is 89.9 cm³/mol. The van der Waals surface area contributed by atoms with Gasteiger partial charge in [0.2, 0.25) is 11.9 Å². The number of nitrogens with zero attached hydrogens (tertiary/aromatic N) is 3. The summed E-state index contributed by atoms with van der Waals surface area (Å²) in [5.41, 5.74) is 3.03. The highest BCUT2D eigenvalue weighted by molar-refractivity contribution is 9.10. The van der Waals surface area contributed by atoms with Gasteiger partial charge in [-0.2, -0.15) is 0 Å². The van der Waals surface area contributed by atoms with Crippen LogP contribution in [0.2, 0.25) is 0 Å². The Labute approximate surface area is 139 Å². The van der Waals surface area contributed by atoms with Crippen LogP contribution in [0, 0.1) is 6.92 Å².